The number of piperazine rings is 1. The summed E-state index contributed by atoms with van der Waals surface area (Å²) in [5.74, 6) is -0.342. The Hall–Kier alpha value is -2.11. The van der Waals surface area contributed by atoms with E-state index in [0.29, 0.717) is 24.9 Å². The Morgan fingerprint density at radius 2 is 2.14 bits per heavy atom. The van der Waals surface area contributed by atoms with Gasteiger partial charge in [-0.15, -0.1) is 0 Å². The highest BCUT2D eigenvalue weighted by atomic mass is 19.1. The first-order chi connectivity index (χ1) is 10.1. The lowest BCUT2D eigenvalue weighted by molar-refractivity contribution is -0.146. The number of carbonyl (C=O) groups is 2. The molecule has 0 spiro atoms. The summed E-state index contributed by atoms with van der Waals surface area (Å²) in [5, 5.41) is 0. The molecule has 0 aromatic heterocycles. The molecular weight excluding hydrogens is 275 g/mol. The molecule has 0 radical (unpaired) electrons. The van der Waals surface area contributed by atoms with Crippen molar-refractivity contribution in [3.05, 3.63) is 30.1 Å². The van der Waals surface area contributed by atoms with Gasteiger partial charge in [0.05, 0.1) is 6.54 Å². The van der Waals surface area contributed by atoms with Crippen LogP contribution in [0.1, 0.15) is 12.8 Å². The number of ether oxygens (including phenoxy) is 1. The van der Waals surface area contributed by atoms with Gasteiger partial charge in [-0.1, -0.05) is 6.07 Å². The second-order valence-electron chi connectivity index (χ2n) is 5.38. The Balaban J connectivity index is 1.50. The van der Waals surface area contributed by atoms with Gasteiger partial charge in [0, 0.05) is 25.2 Å². The van der Waals surface area contributed by atoms with Crippen molar-refractivity contribution in [1.82, 2.24) is 9.80 Å². The van der Waals surface area contributed by atoms with Gasteiger partial charge in [-0.25, -0.2) is 4.39 Å². The van der Waals surface area contributed by atoms with Gasteiger partial charge in [-0.2, -0.15) is 0 Å². The molecule has 6 heteroatoms. The monoisotopic (exact) mass is 292 g/mol. The van der Waals surface area contributed by atoms with Crippen molar-refractivity contribution in [2.45, 2.75) is 18.9 Å². The van der Waals surface area contributed by atoms with Crippen LogP contribution in [0.5, 0.6) is 5.75 Å². The number of benzene rings is 1. The molecule has 1 aromatic rings. The minimum Gasteiger partial charge on any atom is -0.484 e. The minimum atomic E-state index is -0.409. The lowest BCUT2D eigenvalue weighted by Gasteiger charge is -2.34. The second kappa shape index (κ2) is 5.71. The fraction of sp³-hybridized carbons (Fsp3) is 0.467. The Labute approximate surface area is 122 Å². The van der Waals surface area contributed by atoms with Gasteiger partial charge in [0.15, 0.2) is 6.61 Å². The van der Waals surface area contributed by atoms with Crippen LogP contribution in [0.25, 0.3) is 0 Å². The van der Waals surface area contributed by atoms with E-state index in [4.69, 9.17) is 4.74 Å². The molecule has 5 nitrogen and oxygen atoms in total. The second-order valence-corrected chi connectivity index (χ2v) is 5.38. The summed E-state index contributed by atoms with van der Waals surface area (Å²) in [7, 11) is 0. The molecule has 21 heavy (non-hydrogen) atoms. The number of carbonyl (C=O) groups excluding carboxylic acids is 2. The summed E-state index contributed by atoms with van der Waals surface area (Å²) in [6.07, 6.45) is 2.14. The van der Waals surface area contributed by atoms with Crippen molar-refractivity contribution < 1.29 is 18.7 Å². The zero-order chi connectivity index (χ0) is 14.8. The molecule has 1 aliphatic carbocycles. The van der Waals surface area contributed by atoms with Crippen LogP contribution >= 0.6 is 0 Å². The predicted molar refractivity (Wildman–Crippen MR) is 73.2 cm³/mol. The van der Waals surface area contributed by atoms with Gasteiger partial charge in [-0.3, -0.25) is 9.59 Å². The van der Waals surface area contributed by atoms with Crippen LogP contribution < -0.4 is 4.74 Å². The van der Waals surface area contributed by atoms with Gasteiger partial charge in [0.1, 0.15) is 11.6 Å². The summed E-state index contributed by atoms with van der Waals surface area (Å²) in [5.41, 5.74) is 0. The summed E-state index contributed by atoms with van der Waals surface area (Å²) in [6.45, 7) is 1.06. The van der Waals surface area contributed by atoms with Crippen molar-refractivity contribution in [1.29, 1.82) is 0 Å². The SMILES string of the molecule is O=C(COc1cccc(F)c1)N1CCN(C2CC2)C(=O)C1. The molecule has 2 amide bonds. The highest BCUT2D eigenvalue weighted by Crippen LogP contribution is 2.28. The summed E-state index contributed by atoms with van der Waals surface area (Å²) < 4.78 is 18.3. The van der Waals surface area contributed by atoms with E-state index in [1.165, 1.54) is 23.1 Å². The van der Waals surface area contributed by atoms with Crippen LogP contribution in [0, 0.1) is 5.82 Å². The highest BCUT2D eigenvalue weighted by molar-refractivity contribution is 5.87. The number of nitrogens with zero attached hydrogens (tertiary/aromatic N) is 2. The molecular formula is C15H17FN2O3. The van der Waals surface area contributed by atoms with E-state index in [-0.39, 0.29) is 25.0 Å². The van der Waals surface area contributed by atoms with E-state index in [1.807, 2.05) is 4.90 Å². The molecule has 2 fully saturated rings. The maximum atomic E-state index is 13.0. The van der Waals surface area contributed by atoms with Crippen LogP contribution in [-0.2, 0) is 9.59 Å². The van der Waals surface area contributed by atoms with Crippen LogP contribution in [0.3, 0.4) is 0 Å². The molecule has 1 saturated carbocycles. The van der Waals surface area contributed by atoms with Crippen molar-refractivity contribution in [3.63, 3.8) is 0 Å². The number of rotatable bonds is 4. The van der Waals surface area contributed by atoms with Crippen molar-refractivity contribution in [3.8, 4) is 5.75 Å². The Kier molecular flexibility index (Phi) is 3.77. The molecule has 112 valence electrons. The average Bonchev–Trinajstić information content (AvgIpc) is 3.29. The van der Waals surface area contributed by atoms with Gasteiger partial charge in [-0.05, 0) is 25.0 Å². The zero-order valence-corrected chi connectivity index (χ0v) is 11.6. The van der Waals surface area contributed by atoms with E-state index in [1.54, 1.807) is 6.07 Å². The van der Waals surface area contributed by atoms with Crippen molar-refractivity contribution in [2.75, 3.05) is 26.2 Å². The third-order valence-corrected chi connectivity index (χ3v) is 3.76. The number of hydrogen-bond donors (Lipinski definition) is 0. The first-order valence-corrected chi connectivity index (χ1v) is 7.09. The average molecular weight is 292 g/mol. The molecule has 0 N–H and O–H groups in total. The van der Waals surface area contributed by atoms with Crippen LogP contribution in [0.4, 0.5) is 4.39 Å². The van der Waals surface area contributed by atoms with E-state index in [9.17, 15) is 14.0 Å². The minimum absolute atomic E-state index is 0.00264. The first-order valence-electron chi connectivity index (χ1n) is 7.09. The zero-order valence-electron chi connectivity index (χ0n) is 11.6. The fourth-order valence-corrected chi connectivity index (χ4v) is 2.46. The number of halogens is 1. The van der Waals surface area contributed by atoms with E-state index >= 15 is 0 Å². The van der Waals surface area contributed by atoms with Gasteiger partial charge >= 0.3 is 0 Å². The van der Waals surface area contributed by atoms with Crippen LogP contribution in [0.2, 0.25) is 0 Å². The molecule has 1 heterocycles. The summed E-state index contributed by atoms with van der Waals surface area (Å²) in [6, 6.07) is 6.03. The molecule has 2 aliphatic rings. The van der Waals surface area contributed by atoms with E-state index in [2.05, 4.69) is 0 Å². The largest absolute Gasteiger partial charge is 0.484 e. The van der Waals surface area contributed by atoms with E-state index < -0.39 is 5.82 Å². The molecule has 1 aromatic carbocycles. The topological polar surface area (TPSA) is 49.9 Å². The Morgan fingerprint density at radius 1 is 1.33 bits per heavy atom. The molecule has 3 rings (SSSR count). The smallest absolute Gasteiger partial charge is 0.261 e. The maximum absolute atomic E-state index is 13.0. The van der Waals surface area contributed by atoms with E-state index in [0.717, 1.165) is 12.8 Å². The summed E-state index contributed by atoms with van der Waals surface area (Å²) in [4.78, 5) is 27.3. The standard InChI is InChI=1S/C15H17FN2O3/c16-11-2-1-3-13(8-11)21-10-15(20)17-6-7-18(12-4-5-12)14(19)9-17/h1-3,8,12H,4-7,9-10H2. The molecule has 0 unspecified atom stereocenters. The van der Waals surface area contributed by atoms with Crippen molar-refractivity contribution in [2.24, 2.45) is 0 Å². The maximum Gasteiger partial charge on any atom is 0.261 e. The quantitative estimate of drug-likeness (QED) is 0.833. The van der Waals surface area contributed by atoms with Crippen molar-refractivity contribution >= 4 is 11.8 Å². The molecule has 1 aliphatic heterocycles. The molecule has 1 saturated heterocycles. The third kappa shape index (κ3) is 3.32. The van der Waals surface area contributed by atoms with Gasteiger partial charge < -0.3 is 14.5 Å². The van der Waals surface area contributed by atoms with Gasteiger partial charge in [0.25, 0.3) is 5.91 Å². The third-order valence-electron chi connectivity index (χ3n) is 3.76. The highest BCUT2D eigenvalue weighted by Gasteiger charge is 2.36. The van der Waals surface area contributed by atoms with Crippen LogP contribution in [-0.4, -0.2) is 53.9 Å². The van der Waals surface area contributed by atoms with Gasteiger partial charge in [0.2, 0.25) is 5.91 Å². The lowest BCUT2D eigenvalue weighted by atomic mass is 10.3. The normalized spacial score (nSPS) is 18.8. The lowest BCUT2D eigenvalue weighted by Crippen LogP contribution is -2.53. The summed E-state index contributed by atoms with van der Waals surface area (Å²) >= 11 is 0. The Bertz CT molecular complexity index is 560. The van der Waals surface area contributed by atoms with Crippen LogP contribution in [0.15, 0.2) is 24.3 Å². The molecule has 0 atom stereocenters. The Morgan fingerprint density at radius 3 is 2.81 bits per heavy atom. The first kappa shape index (κ1) is 13.9. The molecule has 0 bridgehead atoms. The number of amides is 2. The predicted octanol–water partition coefficient (Wildman–Crippen LogP) is 1.04. The number of hydrogen-bond acceptors (Lipinski definition) is 3. The fourth-order valence-electron chi connectivity index (χ4n) is 2.46.